The van der Waals surface area contributed by atoms with Crippen LogP contribution in [0.5, 0.6) is 0 Å². The maximum absolute atomic E-state index is 12.2. The number of carbonyl (C=O) groups excluding carboxylic acids is 1. The van der Waals surface area contributed by atoms with E-state index >= 15 is 0 Å². The summed E-state index contributed by atoms with van der Waals surface area (Å²) >= 11 is 1.67. The number of benzene rings is 1. The number of carbonyl (C=O) groups is 1. The Bertz CT molecular complexity index is 581. The van der Waals surface area contributed by atoms with Crippen LogP contribution in [0.4, 0.5) is 5.69 Å². The molecule has 0 saturated carbocycles. The first kappa shape index (κ1) is 12.2. The summed E-state index contributed by atoms with van der Waals surface area (Å²) in [5, 5.41) is 10.5. The normalized spacial score (nSPS) is 16.8. The second kappa shape index (κ2) is 5.05. The quantitative estimate of drug-likeness (QED) is 0.902. The number of hydrogen-bond acceptors (Lipinski definition) is 3. The summed E-state index contributed by atoms with van der Waals surface area (Å²) in [7, 11) is 0. The number of amides is 1. The third-order valence-corrected chi connectivity index (χ3v) is 4.41. The molecule has 1 aromatic carbocycles. The van der Waals surface area contributed by atoms with Gasteiger partial charge in [-0.05, 0) is 40.4 Å². The Morgan fingerprint density at radius 3 is 3.00 bits per heavy atom. The highest BCUT2D eigenvalue weighted by molar-refractivity contribution is 7.08. The first-order valence-corrected chi connectivity index (χ1v) is 7.32. The van der Waals surface area contributed by atoms with Crippen LogP contribution in [-0.2, 0) is 17.8 Å². The SMILES string of the molecule is Cc1cscc1CNC(=O)C1Cc2ccccc2N1. The van der Waals surface area contributed by atoms with Crippen LogP contribution in [0.2, 0.25) is 0 Å². The second-order valence-corrected chi connectivity index (χ2v) is 5.60. The molecular formula is C15H16N2OS. The Labute approximate surface area is 116 Å². The zero-order chi connectivity index (χ0) is 13.2. The van der Waals surface area contributed by atoms with Gasteiger partial charge in [0, 0.05) is 18.7 Å². The van der Waals surface area contributed by atoms with Crippen molar-refractivity contribution in [2.24, 2.45) is 0 Å². The van der Waals surface area contributed by atoms with Gasteiger partial charge in [0.2, 0.25) is 5.91 Å². The number of para-hydroxylation sites is 1. The van der Waals surface area contributed by atoms with Crippen molar-refractivity contribution in [1.29, 1.82) is 0 Å². The molecule has 2 aromatic rings. The lowest BCUT2D eigenvalue weighted by molar-refractivity contribution is -0.121. The van der Waals surface area contributed by atoms with Crippen molar-refractivity contribution in [3.63, 3.8) is 0 Å². The number of rotatable bonds is 3. The summed E-state index contributed by atoms with van der Waals surface area (Å²) in [6.07, 6.45) is 0.768. The van der Waals surface area contributed by atoms with E-state index in [0.29, 0.717) is 6.54 Å². The van der Waals surface area contributed by atoms with E-state index in [1.54, 1.807) is 11.3 Å². The molecule has 0 saturated heterocycles. The lowest BCUT2D eigenvalue weighted by atomic mass is 10.1. The van der Waals surface area contributed by atoms with Gasteiger partial charge in [-0.15, -0.1) is 0 Å². The van der Waals surface area contributed by atoms with Crippen LogP contribution in [0, 0.1) is 6.92 Å². The molecule has 1 atom stereocenters. The van der Waals surface area contributed by atoms with Gasteiger partial charge in [0.15, 0.2) is 0 Å². The topological polar surface area (TPSA) is 41.1 Å². The molecule has 1 aliphatic rings. The second-order valence-electron chi connectivity index (χ2n) is 4.86. The first-order valence-electron chi connectivity index (χ1n) is 6.38. The van der Waals surface area contributed by atoms with E-state index in [2.05, 4.69) is 34.4 Å². The summed E-state index contributed by atoms with van der Waals surface area (Å²) in [6, 6.07) is 7.94. The summed E-state index contributed by atoms with van der Waals surface area (Å²) in [6.45, 7) is 2.68. The Balaban J connectivity index is 1.60. The molecule has 1 aromatic heterocycles. The van der Waals surface area contributed by atoms with Crippen molar-refractivity contribution < 1.29 is 4.79 Å². The van der Waals surface area contributed by atoms with Gasteiger partial charge in [0.25, 0.3) is 0 Å². The van der Waals surface area contributed by atoms with Gasteiger partial charge in [0.05, 0.1) is 0 Å². The lowest BCUT2D eigenvalue weighted by Crippen LogP contribution is -2.38. The fourth-order valence-corrected chi connectivity index (χ4v) is 3.19. The molecule has 98 valence electrons. The van der Waals surface area contributed by atoms with Crippen molar-refractivity contribution in [3.05, 3.63) is 51.7 Å². The van der Waals surface area contributed by atoms with Crippen LogP contribution < -0.4 is 10.6 Å². The highest BCUT2D eigenvalue weighted by atomic mass is 32.1. The molecule has 0 radical (unpaired) electrons. The minimum absolute atomic E-state index is 0.0711. The maximum atomic E-state index is 12.2. The van der Waals surface area contributed by atoms with Gasteiger partial charge in [-0.1, -0.05) is 18.2 Å². The molecule has 19 heavy (non-hydrogen) atoms. The van der Waals surface area contributed by atoms with Gasteiger partial charge in [-0.2, -0.15) is 11.3 Å². The smallest absolute Gasteiger partial charge is 0.243 e. The van der Waals surface area contributed by atoms with Crippen LogP contribution in [0.25, 0.3) is 0 Å². The Kier molecular flexibility index (Phi) is 3.25. The van der Waals surface area contributed by atoms with Crippen LogP contribution >= 0.6 is 11.3 Å². The van der Waals surface area contributed by atoms with E-state index in [-0.39, 0.29) is 11.9 Å². The molecule has 1 aliphatic heterocycles. The van der Waals surface area contributed by atoms with Crippen molar-refractivity contribution in [3.8, 4) is 0 Å². The number of aryl methyl sites for hydroxylation is 1. The average Bonchev–Trinajstić information content (AvgIpc) is 3.01. The summed E-state index contributed by atoms with van der Waals surface area (Å²) in [4.78, 5) is 12.2. The average molecular weight is 272 g/mol. The number of hydrogen-bond donors (Lipinski definition) is 2. The zero-order valence-electron chi connectivity index (χ0n) is 10.8. The van der Waals surface area contributed by atoms with Crippen molar-refractivity contribution in [2.45, 2.75) is 25.9 Å². The molecule has 1 amide bonds. The summed E-state index contributed by atoms with van der Waals surface area (Å²) < 4.78 is 0. The van der Waals surface area contributed by atoms with E-state index in [9.17, 15) is 4.79 Å². The molecule has 2 N–H and O–H groups in total. The molecule has 0 bridgehead atoms. The number of nitrogens with one attached hydrogen (secondary N) is 2. The lowest BCUT2D eigenvalue weighted by Gasteiger charge is -2.11. The molecule has 3 rings (SSSR count). The molecule has 3 nitrogen and oxygen atoms in total. The Morgan fingerprint density at radius 1 is 1.42 bits per heavy atom. The molecular weight excluding hydrogens is 256 g/mol. The van der Waals surface area contributed by atoms with Gasteiger partial charge in [-0.3, -0.25) is 4.79 Å². The van der Waals surface area contributed by atoms with Crippen LogP contribution in [0.1, 0.15) is 16.7 Å². The number of fused-ring (bicyclic) bond motifs is 1. The van der Waals surface area contributed by atoms with E-state index in [1.165, 1.54) is 16.7 Å². The molecule has 0 spiro atoms. The molecule has 2 heterocycles. The molecule has 1 unspecified atom stereocenters. The largest absolute Gasteiger partial charge is 0.373 e. The van der Waals surface area contributed by atoms with Gasteiger partial charge >= 0.3 is 0 Å². The van der Waals surface area contributed by atoms with E-state index in [1.807, 2.05) is 18.2 Å². The maximum Gasteiger partial charge on any atom is 0.243 e. The van der Waals surface area contributed by atoms with E-state index < -0.39 is 0 Å². The number of thiophene rings is 1. The fraction of sp³-hybridized carbons (Fsp3) is 0.267. The van der Waals surface area contributed by atoms with Gasteiger partial charge in [0.1, 0.15) is 6.04 Å². The number of anilines is 1. The summed E-state index contributed by atoms with van der Waals surface area (Å²) in [5.74, 6) is 0.0711. The van der Waals surface area contributed by atoms with Crippen LogP contribution in [0.15, 0.2) is 35.0 Å². The molecule has 0 aliphatic carbocycles. The predicted octanol–water partition coefficient (Wildman–Crippen LogP) is 2.71. The van der Waals surface area contributed by atoms with Crippen LogP contribution in [0.3, 0.4) is 0 Å². The third-order valence-electron chi connectivity index (χ3n) is 3.50. The predicted molar refractivity (Wildman–Crippen MR) is 78.5 cm³/mol. The van der Waals surface area contributed by atoms with Crippen molar-refractivity contribution in [2.75, 3.05) is 5.32 Å². The highest BCUT2D eigenvalue weighted by Crippen LogP contribution is 2.25. The fourth-order valence-electron chi connectivity index (χ4n) is 2.33. The first-order chi connectivity index (χ1) is 9.24. The monoisotopic (exact) mass is 272 g/mol. The Morgan fingerprint density at radius 2 is 2.26 bits per heavy atom. The van der Waals surface area contributed by atoms with E-state index in [4.69, 9.17) is 0 Å². The van der Waals surface area contributed by atoms with Crippen LogP contribution in [-0.4, -0.2) is 11.9 Å². The highest BCUT2D eigenvalue weighted by Gasteiger charge is 2.25. The van der Waals surface area contributed by atoms with Gasteiger partial charge in [-0.25, -0.2) is 0 Å². The molecule has 4 heteroatoms. The zero-order valence-corrected chi connectivity index (χ0v) is 11.6. The third kappa shape index (κ3) is 2.49. The van der Waals surface area contributed by atoms with Crippen molar-refractivity contribution in [1.82, 2.24) is 5.32 Å². The minimum Gasteiger partial charge on any atom is -0.373 e. The standard InChI is InChI=1S/C15H16N2OS/c1-10-8-19-9-12(10)7-16-15(18)14-6-11-4-2-3-5-13(11)17-14/h2-5,8-9,14,17H,6-7H2,1H3,(H,16,18). The Hall–Kier alpha value is -1.81. The van der Waals surface area contributed by atoms with E-state index in [0.717, 1.165) is 12.1 Å². The molecule has 0 fully saturated rings. The van der Waals surface area contributed by atoms with Gasteiger partial charge < -0.3 is 10.6 Å². The minimum atomic E-state index is -0.142. The van der Waals surface area contributed by atoms with Crippen molar-refractivity contribution >= 4 is 22.9 Å². The summed E-state index contributed by atoms with van der Waals surface area (Å²) in [5.41, 5.74) is 4.74.